The van der Waals surface area contributed by atoms with Crippen LogP contribution in [0.2, 0.25) is 0 Å². The van der Waals surface area contributed by atoms with Gasteiger partial charge in [-0.1, -0.05) is 13.8 Å². The molecule has 1 heterocycles. The Bertz CT molecular complexity index is 243. The first-order valence-corrected chi connectivity index (χ1v) is 6.07. The number of carbonyl (C=O) groups is 1. The largest absolute Gasteiger partial charge is 0.376 e. The van der Waals surface area contributed by atoms with Gasteiger partial charge in [0.15, 0.2) is 0 Å². The first-order valence-electron chi connectivity index (χ1n) is 6.07. The van der Waals surface area contributed by atoms with Crippen LogP contribution in [0.5, 0.6) is 0 Å². The summed E-state index contributed by atoms with van der Waals surface area (Å²) in [5.74, 6) is 0.487. The quantitative estimate of drug-likeness (QED) is 0.781. The van der Waals surface area contributed by atoms with Crippen LogP contribution in [0, 0.1) is 5.92 Å². The molecule has 1 saturated heterocycles. The molecule has 1 rings (SSSR count). The van der Waals surface area contributed by atoms with Crippen molar-refractivity contribution in [2.24, 2.45) is 11.7 Å². The molecule has 2 unspecified atom stereocenters. The minimum Gasteiger partial charge on any atom is -0.376 e. The second-order valence-electron chi connectivity index (χ2n) is 5.12. The van der Waals surface area contributed by atoms with Crippen LogP contribution in [-0.2, 0) is 9.53 Å². The first-order chi connectivity index (χ1) is 7.43. The van der Waals surface area contributed by atoms with Gasteiger partial charge in [0.05, 0.1) is 18.2 Å². The highest BCUT2D eigenvalue weighted by molar-refractivity contribution is 5.81. The average molecular weight is 228 g/mol. The minimum absolute atomic E-state index is 0.0380. The van der Waals surface area contributed by atoms with Crippen molar-refractivity contribution in [3.8, 4) is 0 Å². The molecule has 0 spiro atoms. The van der Waals surface area contributed by atoms with Crippen LogP contribution in [0.4, 0.5) is 0 Å². The van der Waals surface area contributed by atoms with Crippen molar-refractivity contribution >= 4 is 5.91 Å². The van der Waals surface area contributed by atoms with Crippen molar-refractivity contribution in [2.75, 3.05) is 13.7 Å². The standard InChI is InChI=1S/C12H24N2O2/c1-8(2)7-10(13)12(15)14(4)11-5-6-16-9(11)3/h8-11H,5-7,13H2,1-4H3/t9?,10-,11?/m0/s1. The lowest BCUT2D eigenvalue weighted by Gasteiger charge is -2.29. The van der Waals surface area contributed by atoms with Crippen LogP contribution in [0.15, 0.2) is 0 Å². The third-order valence-electron chi connectivity index (χ3n) is 3.22. The van der Waals surface area contributed by atoms with Gasteiger partial charge < -0.3 is 15.4 Å². The van der Waals surface area contributed by atoms with E-state index in [4.69, 9.17) is 10.5 Å². The molecule has 0 radical (unpaired) electrons. The zero-order valence-corrected chi connectivity index (χ0v) is 10.8. The zero-order chi connectivity index (χ0) is 12.3. The summed E-state index contributed by atoms with van der Waals surface area (Å²) >= 11 is 0. The number of likely N-dealkylation sites (N-methyl/N-ethyl adjacent to an activating group) is 1. The van der Waals surface area contributed by atoms with Crippen LogP contribution < -0.4 is 5.73 Å². The van der Waals surface area contributed by atoms with E-state index in [1.807, 2.05) is 14.0 Å². The summed E-state index contributed by atoms with van der Waals surface area (Å²) in [6.07, 6.45) is 1.78. The van der Waals surface area contributed by atoms with Gasteiger partial charge in [0.2, 0.25) is 5.91 Å². The molecule has 4 nitrogen and oxygen atoms in total. The van der Waals surface area contributed by atoms with Crippen molar-refractivity contribution in [1.82, 2.24) is 4.90 Å². The van der Waals surface area contributed by atoms with E-state index in [-0.39, 0.29) is 24.1 Å². The van der Waals surface area contributed by atoms with Gasteiger partial charge in [-0.25, -0.2) is 0 Å². The van der Waals surface area contributed by atoms with E-state index in [0.717, 1.165) is 19.4 Å². The van der Waals surface area contributed by atoms with Gasteiger partial charge in [-0.2, -0.15) is 0 Å². The number of carbonyl (C=O) groups excluding carboxylic acids is 1. The topological polar surface area (TPSA) is 55.6 Å². The van der Waals surface area contributed by atoms with Crippen molar-refractivity contribution in [1.29, 1.82) is 0 Å². The van der Waals surface area contributed by atoms with E-state index in [0.29, 0.717) is 5.92 Å². The van der Waals surface area contributed by atoms with Gasteiger partial charge >= 0.3 is 0 Å². The summed E-state index contributed by atoms with van der Waals surface area (Å²) in [5.41, 5.74) is 5.90. The van der Waals surface area contributed by atoms with Crippen LogP contribution >= 0.6 is 0 Å². The lowest BCUT2D eigenvalue weighted by molar-refractivity contribution is -0.134. The van der Waals surface area contributed by atoms with Crippen LogP contribution in [0.3, 0.4) is 0 Å². The molecule has 0 aliphatic carbocycles. The molecule has 3 atom stereocenters. The van der Waals surface area contributed by atoms with E-state index in [2.05, 4.69) is 13.8 Å². The first kappa shape index (κ1) is 13.5. The molecule has 16 heavy (non-hydrogen) atoms. The Kier molecular flexibility index (Phi) is 4.74. The second kappa shape index (κ2) is 5.64. The fourth-order valence-corrected chi connectivity index (χ4v) is 2.26. The Balaban J connectivity index is 2.52. The highest BCUT2D eigenvalue weighted by atomic mass is 16.5. The summed E-state index contributed by atoms with van der Waals surface area (Å²) in [6.45, 7) is 6.90. The number of ether oxygens (including phenoxy) is 1. The summed E-state index contributed by atoms with van der Waals surface area (Å²) < 4.78 is 5.46. The fraction of sp³-hybridized carbons (Fsp3) is 0.917. The fourth-order valence-electron chi connectivity index (χ4n) is 2.26. The SMILES string of the molecule is CC(C)C[C@H](N)C(=O)N(C)C1CCOC1C. The Hall–Kier alpha value is -0.610. The van der Waals surface area contributed by atoms with Gasteiger partial charge in [0, 0.05) is 13.7 Å². The molecule has 1 fully saturated rings. The number of nitrogens with two attached hydrogens (primary N) is 1. The zero-order valence-electron chi connectivity index (χ0n) is 10.8. The van der Waals surface area contributed by atoms with Crippen molar-refractivity contribution < 1.29 is 9.53 Å². The molecule has 1 amide bonds. The van der Waals surface area contributed by atoms with Crippen LogP contribution in [0.1, 0.15) is 33.6 Å². The van der Waals surface area contributed by atoms with E-state index < -0.39 is 0 Å². The molecular formula is C12H24N2O2. The monoisotopic (exact) mass is 228 g/mol. The molecule has 0 bridgehead atoms. The molecule has 0 aromatic rings. The maximum absolute atomic E-state index is 12.1. The summed E-state index contributed by atoms with van der Waals surface area (Å²) in [5, 5.41) is 0. The van der Waals surface area contributed by atoms with Gasteiger partial charge in [-0.05, 0) is 25.7 Å². The van der Waals surface area contributed by atoms with Crippen LogP contribution in [0.25, 0.3) is 0 Å². The highest BCUT2D eigenvalue weighted by Gasteiger charge is 2.32. The Morgan fingerprint density at radius 1 is 1.56 bits per heavy atom. The van der Waals surface area contributed by atoms with Gasteiger partial charge in [0.1, 0.15) is 0 Å². The van der Waals surface area contributed by atoms with E-state index in [1.165, 1.54) is 0 Å². The lowest BCUT2D eigenvalue weighted by Crippen LogP contribution is -2.49. The summed E-state index contributed by atoms with van der Waals surface area (Å²) in [6, 6.07) is -0.191. The molecule has 4 heteroatoms. The molecule has 94 valence electrons. The van der Waals surface area contributed by atoms with E-state index >= 15 is 0 Å². The predicted octanol–water partition coefficient (Wildman–Crippen LogP) is 0.996. The molecule has 0 aromatic carbocycles. The van der Waals surface area contributed by atoms with Crippen molar-refractivity contribution in [3.05, 3.63) is 0 Å². The third-order valence-corrected chi connectivity index (χ3v) is 3.22. The van der Waals surface area contributed by atoms with E-state index in [9.17, 15) is 4.79 Å². The van der Waals surface area contributed by atoms with Gasteiger partial charge in [0.25, 0.3) is 0 Å². The van der Waals surface area contributed by atoms with Crippen LogP contribution in [-0.4, -0.2) is 42.6 Å². The molecular weight excluding hydrogens is 204 g/mol. The van der Waals surface area contributed by atoms with Crippen molar-refractivity contribution in [3.63, 3.8) is 0 Å². The van der Waals surface area contributed by atoms with Gasteiger partial charge in [-0.15, -0.1) is 0 Å². The number of nitrogens with zero attached hydrogens (tertiary/aromatic N) is 1. The summed E-state index contributed by atoms with van der Waals surface area (Å²) in [7, 11) is 1.83. The summed E-state index contributed by atoms with van der Waals surface area (Å²) in [4.78, 5) is 13.8. The second-order valence-corrected chi connectivity index (χ2v) is 5.12. The Morgan fingerprint density at radius 3 is 2.62 bits per heavy atom. The predicted molar refractivity (Wildman–Crippen MR) is 64.0 cm³/mol. The number of hydrogen-bond donors (Lipinski definition) is 1. The third kappa shape index (κ3) is 3.19. The average Bonchev–Trinajstić information content (AvgIpc) is 2.61. The minimum atomic E-state index is -0.377. The number of rotatable bonds is 4. The Labute approximate surface area is 98.1 Å². The maximum Gasteiger partial charge on any atom is 0.239 e. The maximum atomic E-state index is 12.1. The highest BCUT2D eigenvalue weighted by Crippen LogP contribution is 2.19. The number of amides is 1. The van der Waals surface area contributed by atoms with Crippen molar-refractivity contribution in [2.45, 2.75) is 51.8 Å². The van der Waals surface area contributed by atoms with Gasteiger partial charge in [-0.3, -0.25) is 4.79 Å². The molecule has 0 saturated carbocycles. The van der Waals surface area contributed by atoms with E-state index in [1.54, 1.807) is 4.90 Å². The smallest absolute Gasteiger partial charge is 0.239 e. The Morgan fingerprint density at radius 2 is 2.19 bits per heavy atom. The normalized spacial score (nSPS) is 27.1. The number of hydrogen-bond acceptors (Lipinski definition) is 3. The molecule has 1 aliphatic rings. The molecule has 0 aromatic heterocycles. The lowest BCUT2D eigenvalue weighted by atomic mass is 10.0. The molecule has 1 aliphatic heterocycles. The molecule has 2 N–H and O–H groups in total.